The lowest BCUT2D eigenvalue weighted by atomic mass is 9.95. The highest BCUT2D eigenvalue weighted by Crippen LogP contribution is 2.18. The number of carbonyl (C=O) groups is 1. The number of benzene rings is 1. The van der Waals surface area contributed by atoms with Gasteiger partial charge in [-0.25, -0.2) is 13.1 Å². The van der Waals surface area contributed by atoms with Crippen LogP contribution in [0.15, 0.2) is 33.6 Å². The number of hydrogen-bond donors (Lipinski definition) is 2. The van der Waals surface area contributed by atoms with E-state index in [1.165, 1.54) is 18.6 Å². The third-order valence-corrected chi connectivity index (χ3v) is 5.73. The number of carbonyl (C=O) groups excluding carboxylic acids is 1. The fourth-order valence-corrected chi connectivity index (χ4v) is 3.99. The molecule has 0 aliphatic heterocycles. The minimum atomic E-state index is -3.80. The normalized spacial score (nSPS) is 15.7. The number of aryl methyl sites for hydroxylation is 1. The van der Waals surface area contributed by atoms with Crippen molar-refractivity contribution in [3.05, 3.63) is 41.6 Å². The SMILES string of the molecule is Cc1nnc(CNS(=O)(=O)c2cccc(C(=O)NC3CCCCC3)c2)o1. The Morgan fingerprint density at radius 3 is 2.69 bits per heavy atom. The van der Waals surface area contributed by atoms with Gasteiger partial charge in [0.05, 0.1) is 11.4 Å². The fraction of sp³-hybridized carbons (Fsp3) is 0.471. The molecule has 1 heterocycles. The first-order chi connectivity index (χ1) is 12.4. The summed E-state index contributed by atoms with van der Waals surface area (Å²) in [5.74, 6) is 0.291. The second-order valence-electron chi connectivity index (χ2n) is 6.38. The highest BCUT2D eigenvalue weighted by Gasteiger charge is 2.20. The third-order valence-electron chi connectivity index (χ3n) is 4.33. The van der Waals surface area contributed by atoms with Gasteiger partial charge in [0.2, 0.25) is 21.8 Å². The van der Waals surface area contributed by atoms with Crippen LogP contribution in [0.3, 0.4) is 0 Å². The van der Waals surface area contributed by atoms with Gasteiger partial charge in [-0.1, -0.05) is 25.3 Å². The van der Waals surface area contributed by atoms with E-state index in [0.29, 0.717) is 11.5 Å². The summed E-state index contributed by atoms with van der Waals surface area (Å²) in [5, 5.41) is 10.4. The predicted molar refractivity (Wildman–Crippen MR) is 93.8 cm³/mol. The minimum absolute atomic E-state index is 0.0185. The first-order valence-electron chi connectivity index (χ1n) is 8.63. The van der Waals surface area contributed by atoms with Crippen LogP contribution in [0.1, 0.15) is 54.2 Å². The van der Waals surface area contributed by atoms with E-state index in [1.807, 2.05) is 0 Å². The molecule has 1 fully saturated rings. The summed E-state index contributed by atoms with van der Waals surface area (Å²) in [5.41, 5.74) is 0.326. The second-order valence-corrected chi connectivity index (χ2v) is 8.14. The van der Waals surface area contributed by atoms with E-state index in [4.69, 9.17) is 4.42 Å². The van der Waals surface area contributed by atoms with Crippen LogP contribution in [0.4, 0.5) is 0 Å². The second kappa shape index (κ2) is 7.96. The lowest BCUT2D eigenvalue weighted by molar-refractivity contribution is 0.0927. The molecule has 1 saturated carbocycles. The molecule has 1 amide bonds. The van der Waals surface area contributed by atoms with Gasteiger partial charge in [0.25, 0.3) is 5.91 Å². The molecule has 140 valence electrons. The topological polar surface area (TPSA) is 114 Å². The average Bonchev–Trinajstić information content (AvgIpc) is 3.06. The van der Waals surface area contributed by atoms with Gasteiger partial charge in [0.15, 0.2) is 0 Å². The molecule has 2 N–H and O–H groups in total. The summed E-state index contributed by atoms with van der Waals surface area (Å²) >= 11 is 0. The van der Waals surface area contributed by atoms with Crippen LogP contribution in [0.2, 0.25) is 0 Å². The number of rotatable bonds is 6. The van der Waals surface area contributed by atoms with Crippen molar-refractivity contribution in [3.8, 4) is 0 Å². The van der Waals surface area contributed by atoms with E-state index in [-0.39, 0.29) is 29.3 Å². The maximum Gasteiger partial charge on any atom is 0.251 e. The Kier molecular flexibility index (Phi) is 5.67. The van der Waals surface area contributed by atoms with E-state index in [1.54, 1.807) is 19.1 Å². The van der Waals surface area contributed by atoms with Crippen LogP contribution in [0.25, 0.3) is 0 Å². The average molecular weight is 378 g/mol. The summed E-state index contributed by atoms with van der Waals surface area (Å²) in [4.78, 5) is 12.4. The van der Waals surface area contributed by atoms with Crippen molar-refractivity contribution < 1.29 is 17.6 Å². The van der Waals surface area contributed by atoms with Gasteiger partial charge in [-0.3, -0.25) is 4.79 Å². The Hall–Kier alpha value is -2.26. The lowest BCUT2D eigenvalue weighted by Gasteiger charge is -2.22. The number of nitrogens with one attached hydrogen (secondary N) is 2. The fourth-order valence-electron chi connectivity index (χ4n) is 2.97. The van der Waals surface area contributed by atoms with Gasteiger partial charge in [-0.15, -0.1) is 10.2 Å². The van der Waals surface area contributed by atoms with Crippen molar-refractivity contribution in [1.29, 1.82) is 0 Å². The number of nitrogens with zero attached hydrogens (tertiary/aromatic N) is 2. The number of hydrogen-bond acceptors (Lipinski definition) is 6. The minimum Gasteiger partial charge on any atom is -0.424 e. The van der Waals surface area contributed by atoms with Crippen molar-refractivity contribution in [3.63, 3.8) is 0 Å². The smallest absolute Gasteiger partial charge is 0.251 e. The standard InChI is InChI=1S/C17H22N4O4S/c1-12-20-21-16(25-12)11-18-26(23,24)15-9-5-6-13(10-15)17(22)19-14-7-3-2-4-8-14/h5-6,9-10,14,18H,2-4,7-8,11H2,1H3,(H,19,22). The molecule has 1 aromatic carbocycles. The zero-order valence-corrected chi connectivity index (χ0v) is 15.4. The Labute approximate surface area is 152 Å². The summed E-state index contributed by atoms with van der Waals surface area (Å²) in [6.45, 7) is 1.51. The van der Waals surface area contributed by atoms with E-state index in [0.717, 1.165) is 25.7 Å². The highest BCUT2D eigenvalue weighted by atomic mass is 32.2. The molecule has 9 heteroatoms. The Bertz CT molecular complexity index is 872. The molecular weight excluding hydrogens is 356 g/mol. The number of sulfonamides is 1. The zero-order valence-electron chi connectivity index (χ0n) is 14.6. The molecule has 0 saturated heterocycles. The molecular formula is C17H22N4O4S. The maximum atomic E-state index is 12.4. The van der Waals surface area contributed by atoms with Crippen molar-refractivity contribution >= 4 is 15.9 Å². The Morgan fingerprint density at radius 1 is 1.23 bits per heavy atom. The maximum absolute atomic E-state index is 12.4. The highest BCUT2D eigenvalue weighted by molar-refractivity contribution is 7.89. The van der Waals surface area contributed by atoms with Gasteiger partial charge < -0.3 is 9.73 Å². The van der Waals surface area contributed by atoms with Crippen LogP contribution in [-0.4, -0.2) is 30.6 Å². The number of amides is 1. The van der Waals surface area contributed by atoms with Gasteiger partial charge in [0, 0.05) is 18.5 Å². The summed E-state index contributed by atoms with van der Waals surface area (Å²) < 4.78 is 32.4. The van der Waals surface area contributed by atoms with E-state index < -0.39 is 10.0 Å². The zero-order chi connectivity index (χ0) is 18.6. The van der Waals surface area contributed by atoms with Gasteiger partial charge in [-0.05, 0) is 31.0 Å². The van der Waals surface area contributed by atoms with Crippen LogP contribution >= 0.6 is 0 Å². The molecule has 0 atom stereocenters. The molecule has 3 rings (SSSR count). The molecule has 1 aromatic heterocycles. The van der Waals surface area contributed by atoms with Crippen molar-refractivity contribution in [1.82, 2.24) is 20.2 Å². The molecule has 2 aromatic rings. The van der Waals surface area contributed by atoms with Gasteiger partial charge >= 0.3 is 0 Å². The van der Waals surface area contributed by atoms with Crippen molar-refractivity contribution in [2.45, 2.75) is 56.5 Å². The largest absolute Gasteiger partial charge is 0.424 e. The summed E-state index contributed by atoms with van der Waals surface area (Å²) in [7, 11) is -3.80. The lowest BCUT2D eigenvalue weighted by Crippen LogP contribution is -2.36. The van der Waals surface area contributed by atoms with Crippen LogP contribution in [-0.2, 0) is 16.6 Å². The van der Waals surface area contributed by atoms with Crippen LogP contribution < -0.4 is 10.0 Å². The molecule has 0 bridgehead atoms. The molecule has 0 radical (unpaired) electrons. The number of aromatic nitrogens is 2. The van der Waals surface area contributed by atoms with Crippen LogP contribution in [0, 0.1) is 6.92 Å². The molecule has 0 unspecified atom stereocenters. The van der Waals surface area contributed by atoms with Crippen LogP contribution in [0.5, 0.6) is 0 Å². The van der Waals surface area contributed by atoms with Crippen molar-refractivity contribution in [2.75, 3.05) is 0 Å². The summed E-state index contributed by atoms with van der Waals surface area (Å²) in [6.07, 6.45) is 5.35. The summed E-state index contributed by atoms with van der Waals surface area (Å²) in [6, 6.07) is 6.15. The van der Waals surface area contributed by atoms with Gasteiger partial charge in [0.1, 0.15) is 0 Å². The molecule has 26 heavy (non-hydrogen) atoms. The Morgan fingerprint density at radius 2 is 2.00 bits per heavy atom. The van der Waals surface area contributed by atoms with Gasteiger partial charge in [-0.2, -0.15) is 0 Å². The van der Waals surface area contributed by atoms with Crippen molar-refractivity contribution in [2.24, 2.45) is 0 Å². The van der Waals surface area contributed by atoms with E-state index in [2.05, 4.69) is 20.2 Å². The predicted octanol–water partition coefficient (Wildman–Crippen LogP) is 1.92. The quantitative estimate of drug-likeness (QED) is 0.794. The first-order valence-corrected chi connectivity index (χ1v) is 10.1. The monoisotopic (exact) mass is 378 g/mol. The molecule has 8 nitrogen and oxygen atoms in total. The van der Waals surface area contributed by atoms with E-state index >= 15 is 0 Å². The van der Waals surface area contributed by atoms with E-state index in [9.17, 15) is 13.2 Å². The molecule has 1 aliphatic carbocycles. The Balaban J connectivity index is 1.67. The molecule has 0 spiro atoms. The first kappa shape index (κ1) is 18.5. The molecule has 1 aliphatic rings. The third kappa shape index (κ3) is 4.67.